The molecule has 0 aliphatic rings. The van der Waals surface area contributed by atoms with E-state index in [-0.39, 0.29) is 36.5 Å². The average Bonchev–Trinajstić information content (AvgIpc) is 2.85. The van der Waals surface area contributed by atoms with E-state index in [1.54, 1.807) is 18.2 Å². The van der Waals surface area contributed by atoms with E-state index in [1.807, 2.05) is 24.3 Å². The first kappa shape index (κ1) is 17.3. The predicted octanol–water partition coefficient (Wildman–Crippen LogP) is 4.58. The molecule has 0 saturated heterocycles. The monoisotopic (exact) mass is 344 g/mol. The van der Waals surface area contributed by atoms with Gasteiger partial charge in [-0.15, -0.1) is 24.8 Å². The van der Waals surface area contributed by atoms with Crippen molar-refractivity contribution in [3.8, 4) is 0 Å². The molecule has 110 valence electrons. The first-order chi connectivity index (χ1) is 9.22. The second kappa shape index (κ2) is 7.31. The van der Waals surface area contributed by atoms with E-state index in [0.717, 1.165) is 5.39 Å². The maximum Gasteiger partial charge on any atom is 0.292 e. The smallest absolute Gasteiger partial charge is 0.292 e. The molecule has 2 aromatic heterocycles. The van der Waals surface area contributed by atoms with Crippen molar-refractivity contribution in [2.24, 2.45) is 0 Å². The summed E-state index contributed by atoms with van der Waals surface area (Å²) in [5.41, 5.74) is 0.678. The number of carbonyl (C=O) groups is 1. The lowest BCUT2D eigenvalue weighted by Gasteiger charge is -2.01. The van der Waals surface area contributed by atoms with Crippen LogP contribution in [-0.2, 0) is 0 Å². The number of halogens is 3. The van der Waals surface area contributed by atoms with Crippen LogP contribution >= 0.6 is 36.4 Å². The van der Waals surface area contributed by atoms with Crippen molar-refractivity contribution >= 4 is 59.1 Å². The molecule has 4 nitrogen and oxygen atoms in total. The molecular weight excluding hydrogens is 335 g/mol. The molecule has 21 heavy (non-hydrogen) atoms. The Kier molecular flexibility index (Phi) is 6.03. The van der Waals surface area contributed by atoms with Crippen LogP contribution in [0.25, 0.3) is 11.0 Å². The molecule has 7 heteroatoms. The Balaban J connectivity index is 0.00000110. The minimum Gasteiger partial charge on any atom is -0.451 e. The molecule has 1 N–H and O–H groups in total. The molecule has 1 aromatic carbocycles. The van der Waals surface area contributed by atoms with Crippen LogP contribution in [0.2, 0.25) is 5.02 Å². The predicted molar refractivity (Wildman–Crippen MR) is 87.9 cm³/mol. The van der Waals surface area contributed by atoms with Gasteiger partial charge in [-0.3, -0.25) is 4.79 Å². The number of hydrogen-bond donors (Lipinski definition) is 1. The fourth-order valence-electron chi connectivity index (χ4n) is 1.72. The normalized spacial score (nSPS) is 9.57. The summed E-state index contributed by atoms with van der Waals surface area (Å²) in [5.74, 6) is 0.332. The molecule has 3 rings (SSSR count). The Morgan fingerprint density at radius 2 is 1.90 bits per heavy atom. The first-order valence-electron chi connectivity index (χ1n) is 5.64. The molecule has 0 fully saturated rings. The Labute approximate surface area is 138 Å². The molecule has 3 aromatic rings. The van der Waals surface area contributed by atoms with Gasteiger partial charge in [0.1, 0.15) is 11.4 Å². The minimum atomic E-state index is -0.342. The molecule has 0 spiro atoms. The molecule has 0 radical (unpaired) electrons. The lowest BCUT2D eigenvalue weighted by atomic mass is 10.2. The van der Waals surface area contributed by atoms with Gasteiger partial charge in [0.15, 0.2) is 5.76 Å². The quantitative estimate of drug-likeness (QED) is 0.740. The van der Waals surface area contributed by atoms with Crippen LogP contribution in [0.4, 0.5) is 5.82 Å². The SMILES string of the molecule is Cl.Cl.O=C(Nc1ccc(Cl)cn1)c1cc2ccccc2o1. The van der Waals surface area contributed by atoms with Gasteiger partial charge in [-0.25, -0.2) is 4.98 Å². The molecule has 2 heterocycles. The molecular formula is C14H11Cl3N2O2. The number of furan rings is 1. The largest absolute Gasteiger partial charge is 0.451 e. The van der Waals surface area contributed by atoms with Crippen LogP contribution < -0.4 is 5.32 Å². The van der Waals surface area contributed by atoms with Gasteiger partial charge in [0.2, 0.25) is 0 Å². The highest BCUT2D eigenvalue weighted by molar-refractivity contribution is 6.30. The van der Waals surface area contributed by atoms with Gasteiger partial charge in [0.25, 0.3) is 5.91 Å². The Bertz CT molecular complexity index is 708. The van der Waals surface area contributed by atoms with Crippen LogP contribution in [0.5, 0.6) is 0 Å². The molecule has 0 aliphatic heterocycles. The van der Waals surface area contributed by atoms with E-state index in [2.05, 4.69) is 10.3 Å². The number of amides is 1. The number of rotatable bonds is 2. The Morgan fingerprint density at radius 1 is 1.14 bits per heavy atom. The van der Waals surface area contributed by atoms with E-state index in [9.17, 15) is 4.79 Å². The zero-order valence-corrected chi connectivity index (χ0v) is 13.0. The van der Waals surface area contributed by atoms with Gasteiger partial charge in [-0.1, -0.05) is 29.8 Å². The maximum atomic E-state index is 12.0. The van der Waals surface area contributed by atoms with Crippen molar-refractivity contribution in [3.05, 3.63) is 59.4 Å². The third kappa shape index (κ3) is 3.88. The van der Waals surface area contributed by atoms with E-state index in [1.165, 1.54) is 6.20 Å². The highest BCUT2D eigenvalue weighted by atomic mass is 35.5. The number of nitrogens with zero attached hydrogens (tertiary/aromatic N) is 1. The highest BCUT2D eigenvalue weighted by Gasteiger charge is 2.12. The summed E-state index contributed by atoms with van der Waals surface area (Å²) in [4.78, 5) is 16.0. The third-order valence-electron chi connectivity index (χ3n) is 2.62. The Hall–Kier alpha value is -1.75. The van der Waals surface area contributed by atoms with Crippen LogP contribution in [0.15, 0.2) is 53.1 Å². The van der Waals surface area contributed by atoms with Gasteiger partial charge in [0, 0.05) is 11.6 Å². The molecule has 0 atom stereocenters. The average molecular weight is 346 g/mol. The topological polar surface area (TPSA) is 55.1 Å². The lowest BCUT2D eigenvalue weighted by molar-refractivity contribution is 0.0998. The molecule has 0 unspecified atom stereocenters. The standard InChI is InChI=1S/C14H9ClN2O2.2ClH/c15-10-5-6-13(16-8-10)17-14(18)12-7-9-3-1-2-4-11(9)19-12;;/h1-8H,(H,16,17,18);2*1H. The summed E-state index contributed by atoms with van der Waals surface area (Å²) in [7, 11) is 0. The molecule has 0 bridgehead atoms. The number of nitrogens with one attached hydrogen (secondary N) is 1. The molecule has 0 aliphatic carbocycles. The number of benzene rings is 1. The number of fused-ring (bicyclic) bond motifs is 1. The summed E-state index contributed by atoms with van der Waals surface area (Å²) in [6.45, 7) is 0. The van der Waals surface area contributed by atoms with Crippen molar-refractivity contribution in [1.29, 1.82) is 0 Å². The van der Waals surface area contributed by atoms with Crippen molar-refractivity contribution in [3.63, 3.8) is 0 Å². The number of anilines is 1. The summed E-state index contributed by atoms with van der Waals surface area (Å²) < 4.78 is 5.46. The zero-order valence-electron chi connectivity index (χ0n) is 10.6. The number of carbonyl (C=O) groups excluding carboxylic acids is 1. The summed E-state index contributed by atoms with van der Waals surface area (Å²) in [6, 6.07) is 12.4. The highest BCUT2D eigenvalue weighted by Crippen LogP contribution is 2.19. The zero-order chi connectivity index (χ0) is 13.2. The van der Waals surface area contributed by atoms with Gasteiger partial charge in [-0.2, -0.15) is 0 Å². The van der Waals surface area contributed by atoms with Gasteiger partial charge >= 0.3 is 0 Å². The number of pyridine rings is 1. The number of aromatic nitrogens is 1. The van der Waals surface area contributed by atoms with Crippen molar-refractivity contribution < 1.29 is 9.21 Å². The number of hydrogen-bond acceptors (Lipinski definition) is 3. The lowest BCUT2D eigenvalue weighted by Crippen LogP contribution is -2.11. The van der Waals surface area contributed by atoms with Crippen molar-refractivity contribution in [2.45, 2.75) is 0 Å². The van der Waals surface area contributed by atoms with Gasteiger partial charge in [0.05, 0.1) is 5.02 Å². The van der Waals surface area contributed by atoms with E-state index < -0.39 is 0 Å². The second-order valence-corrected chi connectivity index (χ2v) is 4.40. The van der Waals surface area contributed by atoms with Crippen LogP contribution in [0, 0.1) is 0 Å². The fourth-order valence-corrected chi connectivity index (χ4v) is 1.83. The van der Waals surface area contributed by atoms with Crippen LogP contribution in [0.1, 0.15) is 10.6 Å². The fraction of sp³-hybridized carbons (Fsp3) is 0. The van der Waals surface area contributed by atoms with Crippen molar-refractivity contribution in [2.75, 3.05) is 5.32 Å². The molecule has 0 saturated carbocycles. The third-order valence-corrected chi connectivity index (χ3v) is 2.84. The summed E-state index contributed by atoms with van der Waals surface area (Å²) in [5, 5.41) is 4.05. The van der Waals surface area contributed by atoms with Gasteiger partial charge in [-0.05, 0) is 24.3 Å². The van der Waals surface area contributed by atoms with Gasteiger partial charge < -0.3 is 9.73 Å². The van der Waals surface area contributed by atoms with E-state index in [0.29, 0.717) is 16.4 Å². The Morgan fingerprint density at radius 3 is 2.57 bits per heavy atom. The first-order valence-corrected chi connectivity index (χ1v) is 6.02. The minimum absolute atomic E-state index is 0. The van der Waals surface area contributed by atoms with E-state index >= 15 is 0 Å². The number of para-hydroxylation sites is 1. The van der Waals surface area contributed by atoms with Crippen LogP contribution in [0.3, 0.4) is 0 Å². The maximum absolute atomic E-state index is 12.0. The van der Waals surface area contributed by atoms with Crippen molar-refractivity contribution in [1.82, 2.24) is 4.98 Å². The molecule has 1 amide bonds. The summed E-state index contributed by atoms with van der Waals surface area (Å²) in [6.07, 6.45) is 1.47. The van der Waals surface area contributed by atoms with E-state index in [4.69, 9.17) is 16.0 Å². The van der Waals surface area contributed by atoms with Crippen LogP contribution in [-0.4, -0.2) is 10.9 Å². The summed E-state index contributed by atoms with van der Waals surface area (Å²) >= 11 is 5.72. The second-order valence-electron chi connectivity index (χ2n) is 3.96.